The van der Waals surface area contributed by atoms with Crippen LogP contribution in [0.25, 0.3) is 0 Å². The van der Waals surface area contributed by atoms with Gasteiger partial charge in [0.1, 0.15) is 11.9 Å². The number of ether oxygens (including phenoxy) is 1. The highest BCUT2D eigenvalue weighted by molar-refractivity contribution is 9.10. The molecule has 1 aromatic rings. The average molecular weight is 435 g/mol. The van der Waals surface area contributed by atoms with Crippen molar-refractivity contribution in [1.82, 2.24) is 9.88 Å². The molecule has 27 heavy (non-hydrogen) atoms. The molecule has 7 heteroatoms. The molecule has 0 bridgehead atoms. The van der Waals surface area contributed by atoms with Crippen molar-refractivity contribution in [3.63, 3.8) is 0 Å². The number of carbonyl (C=O) groups is 1. The molecule has 0 aromatic carbocycles. The Bertz CT molecular complexity index is 742. The van der Waals surface area contributed by atoms with Crippen molar-refractivity contribution in [2.24, 2.45) is 5.92 Å². The monoisotopic (exact) mass is 434 g/mol. The third-order valence-electron chi connectivity index (χ3n) is 5.40. The number of nitrogens with zero attached hydrogens (tertiary/aromatic N) is 4. The molecule has 6 nitrogen and oxygen atoms in total. The Kier molecular flexibility index (Phi) is 6.38. The fourth-order valence-electron chi connectivity index (χ4n) is 3.67. The molecule has 1 aliphatic carbocycles. The van der Waals surface area contributed by atoms with Gasteiger partial charge in [-0.2, -0.15) is 5.26 Å². The minimum absolute atomic E-state index is 0.101. The maximum absolute atomic E-state index is 12.6. The molecule has 3 rings (SSSR count). The van der Waals surface area contributed by atoms with Crippen molar-refractivity contribution in [2.75, 3.05) is 38.3 Å². The normalized spacial score (nSPS) is 20.1. The Balaban J connectivity index is 1.84. The lowest BCUT2D eigenvalue weighted by Gasteiger charge is -2.44. The minimum Gasteiger partial charge on any atom is -0.384 e. The smallest absolute Gasteiger partial charge is 0.225 e. The Labute approximate surface area is 169 Å². The van der Waals surface area contributed by atoms with Gasteiger partial charge in [0, 0.05) is 37.1 Å². The van der Waals surface area contributed by atoms with Crippen LogP contribution in [0, 0.1) is 17.2 Å². The standard InChI is InChI=1S/C20H27BrN4O2/c1-13(2)17-12-24(7-8-25(17)18(26)6-9-27-3)20-15(11-22)10-16(21)19(23-20)14-4-5-14/h10,13-14,17H,4-9,12H2,1-3H3. The molecule has 2 aliphatic rings. The van der Waals surface area contributed by atoms with E-state index in [0.29, 0.717) is 50.1 Å². The molecule has 0 spiro atoms. The number of anilines is 1. The molecular formula is C20H27BrN4O2. The second-order valence-corrected chi connectivity index (χ2v) is 8.55. The molecule has 1 saturated heterocycles. The zero-order valence-electron chi connectivity index (χ0n) is 16.2. The van der Waals surface area contributed by atoms with E-state index >= 15 is 0 Å². The second-order valence-electron chi connectivity index (χ2n) is 7.70. The van der Waals surface area contributed by atoms with E-state index in [0.717, 1.165) is 28.8 Å². The maximum Gasteiger partial charge on any atom is 0.225 e. The molecule has 1 saturated carbocycles. The first kappa shape index (κ1) is 20.1. The van der Waals surface area contributed by atoms with Crippen LogP contribution in [0.1, 0.15) is 50.3 Å². The zero-order chi connectivity index (χ0) is 19.6. The van der Waals surface area contributed by atoms with Crippen molar-refractivity contribution >= 4 is 27.7 Å². The minimum atomic E-state index is 0.101. The predicted octanol–water partition coefficient (Wildman–Crippen LogP) is 3.30. The molecule has 1 unspecified atom stereocenters. The van der Waals surface area contributed by atoms with E-state index in [9.17, 15) is 10.1 Å². The van der Waals surface area contributed by atoms with Gasteiger partial charge in [-0.1, -0.05) is 13.8 Å². The molecule has 2 heterocycles. The highest BCUT2D eigenvalue weighted by Crippen LogP contribution is 2.43. The van der Waals surface area contributed by atoms with E-state index in [1.807, 2.05) is 11.0 Å². The number of carbonyl (C=O) groups excluding carboxylic acids is 1. The first-order valence-corrected chi connectivity index (χ1v) is 10.4. The van der Waals surface area contributed by atoms with Crippen LogP contribution in [-0.2, 0) is 9.53 Å². The Morgan fingerprint density at radius 1 is 1.44 bits per heavy atom. The van der Waals surface area contributed by atoms with Crippen molar-refractivity contribution in [2.45, 2.75) is 45.1 Å². The van der Waals surface area contributed by atoms with Gasteiger partial charge in [0.25, 0.3) is 0 Å². The van der Waals surface area contributed by atoms with E-state index in [2.05, 4.69) is 40.7 Å². The van der Waals surface area contributed by atoms with E-state index < -0.39 is 0 Å². The van der Waals surface area contributed by atoms with Gasteiger partial charge in [-0.05, 0) is 40.8 Å². The summed E-state index contributed by atoms with van der Waals surface area (Å²) in [4.78, 5) is 21.6. The number of rotatable bonds is 6. The van der Waals surface area contributed by atoms with Crippen LogP contribution >= 0.6 is 15.9 Å². The largest absolute Gasteiger partial charge is 0.384 e. The summed E-state index contributed by atoms with van der Waals surface area (Å²) in [5.74, 6) is 1.72. The van der Waals surface area contributed by atoms with Crippen LogP contribution in [0.4, 0.5) is 5.82 Å². The fraction of sp³-hybridized carbons (Fsp3) is 0.650. The first-order valence-electron chi connectivity index (χ1n) is 9.60. The molecular weight excluding hydrogens is 408 g/mol. The van der Waals surface area contributed by atoms with E-state index in [1.54, 1.807) is 7.11 Å². The molecule has 1 aromatic heterocycles. The molecule has 1 aliphatic heterocycles. The molecule has 146 valence electrons. The lowest BCUT2D eigenvalue weighted by molar-refractivity contribution is -0.135. The van der Waals surface area contributed by atoms with Crippen LogP contribution in [0.5, 0.6) is 0 Å². The van der Waals surface area contributed by atoms with E-state index in [1.165, 1.54) is 0 Å². The Morgan fingerprint density at radius 2 is 2.19 bits per heavy atom. The third-order valence-corrected chi connectivity index (χ3v) is 6.03. The van der Waals surface area contributed by atoms with Crippen molar-refractivity contribution in [3.8, 4) is 6.07 Å². The SMILES string of the molecule is COCCC(=O)N1CCN(c2nc(C3CC3)c(Br)cc2C#N)CC1C(C)C. The number of aromatic nitrogens is 1. The molecule has 0 radical (unpaired) electrons. The zero-order valence-corrected chi connectivity index (χ0v) is 17.8. The average Bonchev–Trinajstić information content (AvgIpc) is 3.50. The summed E-state index contributed by atoms with van der Waals surface area (Å²) in [7, 11) is 1.62. The van der Waals surface area contributed by atoms with E-state index in [4.69, 9.17) is 9.72 Å². The third kappa shape index (κ3) is 4.44. The van der Waals surface area contributed by atoms with Gasteiger partial charge in [-0.15, -0.1) is 0 Å². The van der Waals surface area contributed by atoms with Crippen LogP contribution in [0.15, 0.2) is 10.5 Å². The number of pyridine rings is 1. The summed E-state index contributed by atoms with van der Waals surface area (Å²) in [5, 5.41) is 9.62. The summed E-state index contributed by atoms with van der Waals surface area (Å²) in [6.07, 6.45) is 2.73. The number of hydrogen-bond donors (Lipinski definition) is 0. The van der Waals surface area contributed by atoms with Crippen LogP contribution in [0.3, 0.4) is 0 Å². The number of amides is 1. The number of halogens is 1. The quantitative estimate of drug-likeness (QED) is 0.686. The van der Waals surface area contributed by atoms with Crippen molar-refractivity contribution in [3.05, 3.63) is 21.8 Å². The Hall–Kier alpha value is -1.65. The highest BCUT2D eigenvalue weighted by atomic mass is 79.9. The number of hydrogen-bond acceptors (Lipinski definition) is 5. The molecule has 1 amide bonds. The fourth-order valence-corrected chi connectivity index (χ4v) is 4.32. The van der Waals surface area contributed by atoms with Gasteiger partial charge >= 0.3 is 0 Å². The predicted molar refractivity (Wildman–Crippen MR) is 108 cm³/mol. The molecule has 0 N–H and O–H groups in total. The molecule has 2 fully saturated rings. The lowest BCUT2D eigenvalue weighted by atomic mass is 9.98. The van der Waals surface area contributed by atoms with Crippen molar-refractivity contribution < 1.29 is 9.53 Å². The van der Waals surface area contributed by atoms with Gasteiger partial charge in [0.05, 0.1) is 30.3 Å². The topological polar surface area (TPSA) is 69.5 Å². The summed E-state index contributed by atoms with van der Waals surface area (Å²) < 4.78 is 5.99. The lowest BCUT2D eigenvalue weighted by Crippen LogP contribution is -2.57. The first-order chi connectivity index (χ1) is 13.0. The van der Waals surface area contributed by atoms with Gasteiger partial charge in [-0.3, -0.25) is 4.79 Å². The Morgan fingerprint density at radius 3 is 2.78 bits per heavy atom. The van der Waals surface area contributed by atoms with Crippen LogP contribution in [-0.4, -0.2) is 55.2 Å². The van der Waals surface area contributed by atoms with E-state index in [-0.39, 0.29) is 11.9 Å². The maximum atomic E-state index is 12.6. The van der Waals surface area contributed by atoms with Crippen molar-refractivity contribution in [1.29, 1.82) is 5.26 Å². The summed E-state index contributed by atoms with van der Waals surface area (Å²) in [5.41, 5.74) is 1.65. The van der Waals surface area contributed by atoms with Gasteiger partial charge < -0.3 is 14.5 Å². The van der Waals surface area contributed by atoms with Gasteiger partial charge in [0.2, 0.25) is 5.91 Å². The summed E-state index contributed by atoms with van der Waals surface area (Å²) in [6, 6.07) is 4.30. The summed E-state index contributed by atoms with van der Waals surface area (Å²) >= 11 is 3.58. The van der Waals surface area contributed by atoms with Gasteiger partial charge in [0.15, 0.2) is 0 Å². The second kappa shape index (κ2) is 8.57. The summed E-state index contributed by atoms with van der Waals surface area (Å²) in [6.45, 7) is 6.76. The number of methoxy groups -OCH3 is 1. The van der Waals surface area contributed by atoms with Crippen LogP contribution in [0.2, 0.25) is 0 Å². The number of piperazine rings is 1. The molecule has 1 atom stereocenters. The van der Waals surface area contributed by atoms with Gasteiger partial charge in [-0.25, -0.2) is 4.98 Å². The highest BCUT2D eigenvalue weighted by Gasteiger charge is 2.35. The van der Waals surface area contributed by atoms with Crippen LogP contribution < -0.4 is 4.90 Å². The number of nitriles is 1.